The van der Waals surface area contributed by atoms with Gasteiger partial charge in [-0.3, -0.25) is 15.0 Å². The lowest BCUT2D eigenvalue weighted by atomic mass is 10.3. The molecule has 12 nitrogen and oxygen atoms in total. The SMILES string of the molecule is C=CCNc1nc(N)nc2c1ncn2CCOCP(NC(C)C(=O)OCCCC)N[C@H](C=O)CC.CCC. The number of nitrogens with two attached hydrogens (primary N) is 1. The Bertz CT molecular complexity index is 974. The first-order chi connectivity index (χ1) is 18.3. The molecule has 2 rings (SSSR count). The molecule has 0 bridgehead atoms. The van der Waals surface area contributed by atoms with Gasteiger partial charge in [0.1, 0.15) is 12.3 Å². The van der Waals surface area contributed by atoms with E-state index in [1.54, 1.807) is 19.3 Å². The van der Waals surface area contributed by atoms with Crippen molar-refractivity contribution in [2.45, 2.75) is 78.9 Å². The van der Waals surface area contributed by atoms with Crippen LogP contribution in [0.25, 0.3) is 11.2 Å². The summed E-state index contributed by atoms with van der Waals surface area (Å²) in [5, 5.41) is 9.58. The van der Waals surface area contributed by atoms with Crippen LogP contribution in [-0.4, -0.2) is 70.0 Å². The fraction of sp³-hybridized carbons (Fsp3) is 0.640. The van der Waals surface area contributed by atoms with Gasteiger partial charge in [0.05, 0.1) is 40.2 Å². The van der Waals surface area contributed by atoms with Crippen LogP contribution in [0, 0.1) is 0 Å². The number of hydrogen-bond donors (Lipinski definition) is 4. The average molecular weight is 553 g/mol. The molecule has 0 saturated carbocycles. The Morgan fingerprint density at radius 3 is 2.61 bits per heavy atom. The minimum absolute atomic E-state index is 0.142. The van der Waals surface area contributed by atoms with Gasteiger partial charge < -0.3 is 29.9 Å². The molecular formula is C25H45N8O4P. The molecule has 2 unspecified atom stereocenters. The third-order valence-electron chi connectivity index (χ3n) is 4.96. The van der Waals surface area contributed by atoms with Crippen molar-refractivity contribution in [3.05, 3.63) is 19.0 Å². The van der Waals surface area contributed by atoms with Crippen molar-refractivity contribution < 1.29 is 19.1 Å². The fourth-order valence-electron chi connectivity index (χ4n) is 2.99. The first-order valence-corrected chi connectivity index (χ1v) is 14.7. The summed E-state index contributed by atoms with van der Waals surface area (Å²) >= 11 is 0. The number of aldehydes is 1. The summed E-state index contributed by atoms with van der Waals surface area (Å²) in [5.41, 5.74) is 7.07. The summed E-state index contributed by atoms with van der Waals surface area (Å²) in [4.78, 5) is 36.5. The Labute approximate surface area is 227 Å². The Morgan fingerprint density at radius 1 is 1.24 bits per heavy atom. The number of hydrogen-bond acceptors (Lipinski definition) is 11. The second-order valence-electron chi connectivity index (χ2n) is 8.53. The highest BCUT2D eigenvalue weighted by Gasteiger charge is 2.21. The molecular weight excluding hydrogens is 507 g/mol. The molecule has 214 valence electrons. The van der Waals surface area contributed by atoms with Crippen LogP contribution in [0.15, 0.2) is 19.0 Å². The lowest BCUT2D eigenvalue weighted by Crippen LogP contribution is -2.39. The Kier molecular flexibility index (Phi) is 17.0. The van der Waals surface area contributed by atoms with Gasteiger partial charge in [-0.2, -0.15) is 9.97 Å². The van der Waals surface area contributed by atoms with E-state index in [1.165, 1.54) is 6.42 Å². The highest BCUT2D eigenvalue weighted by molar-refractivity contribution is 7.53. The van der Waals surface area contributed by atoms with Gasteiger partial charge in [0.2, 0.25) is 5.95 Å². The summed E-state index contributed by atoms with van der Waals surface area (Å²) < 4.78 is 13.0. The molecule has 38 heavy (non-hydrogen) atoms. The van der Waals surface area contributed by atoms with Crippen molar-refractivity contribution in [2.24, 2.45) is 0 Å². The van der Waals surface area contributed by atoms with E-state index in [0.717, 1.165) is 19.1 Å². The predicted octanol–water partition coefficient (Wildman–Crippen LogP) is 3.60. The number of fused-ring (bicyclic) bond motifs is 1. The average Bonchev–Trinajstić information content (AvgIpc) is 3.31. The number of ether oxygens (including phenoxy) is 2. The van der Waals surface area contributed by atoms with Crippen molar-refractivity contribution in [1.29, 1.82) is 0 Å². The third-order valence-corrected chi connectivity index (χ3v) is 6.75. The highest BCUT2D eigenvalue weighted by Crippen LogP contribution is 2.28. The molecule has 5 N–H and O–H groups in total. The van der Waals surface area contributed by atoms with Gasteiger partial charge in [-0.1, -0.05) is 46.6 Å². The summed E-state index contributed by atoms with van der Waals surface area (Å²) in [6.45, 7) is 15.4. The molecule has 2 heterocycles. The van der Waals surface area contributed by atoms with Crippen LogP contribution in [0.2, 0.25) is 0 Å². The predicted molar refractivity (Wildman–Crippen MR) is 154 cm³/mol. The number of anilines is 2. The normalized spacial score (nSPS) is 13.2. The minimum atomic E-state index is -1.17. The summed E-state index contributed by atoms with van der Waals surface area (Å²) in [7, 11) is -1.17. The van der Waals surface area contributed by atoms with Crippen LogP contribution in [-0.2, 0) is 25.6 Å². The van der Waals surface area contributed by atoms with Crippen LogP contribution in [0.3, 0.4) is 0 Å². The number of carbonyl (C=O) groups is 2. The van der Waals surface area contributed by atoms with Crippen molar-refractivity contribution in [1.82, 2.24) is 29.7 Å². The molecule has 3 atom stereocenters. The topological polar surface area (TPSA) is 158 Å². The van der Waals surface area contributed by atoms with E-state index in [0.29, 0.717) is 56.1 Å². The first kappa shape index (κ1) is 33.4. The van der Waals surface area contributed by atoms with E-state index >= 15 is 0 Å². The van der Waals surface area contributed by atoms with Gasteiger partial charge in [0.25, 0.3) is 0 Å². The third kappa shape index (κ3) is 11.8. The molecule has 0 fully saturated rings. The van der Waals surface area contributed by atoms with Gasteiger partial charge in [0, 0.05) is 13.1 Å². The number of aromatic nitrogens is 4. The van der Waals surface area contributed by atoms with Crippen molar-refractivity contribution >= 4 is 43.4 Å². The van der Waals surface area contributed by atoms with Gasteiger partial charge >= 0.3 is 5.97 Å². The zero-order valence-corrected chi connectivity index (χ0v) is 24.3. The Hall–Kier alpha value is -2.66. The quantitative estimate of drug-likeness (QED) is 0.0704. The van der Waals surface area contributed by atoms with Crippen molar-refractivity contribution in [3.63, 3.8) is 0 Å². The van der Waals surface area contributed by atoms with E-state index in [1.807, 2.05) is 18.4 Å². The molecule has 0 aliphatic heterocycles. The summed E-state index contributed by atoms with van der Waals surface area (Å²) in [6, 6.07) is -0.865. The largest absolute Gasteiger partial charge is 0.465 e. The second kappa shape index (κ2) is 19.4. The monoisotopic (exact) mass is 552 g/mol. The molecule has 13 heteroatoms. The smallest absolute Gasteiger partial charge is 0.323 e. The molecule has 0 spiro atoms. The molecule has 2 aromatic rings. The molecule has 0 radical (unpaired) electrons. The molecule has 0 aliphatic rings. The van der Waals surface area contributed by atoms with Crippen LogP contribution in [0.5, 0.6) is 0 Å². The van der Waals surface area contributed by atoms with E-state index < -0.39 is 14.3 Å². The maximum absolute atomic E-state index is 12.3. The van der Waals surface area contributed by atoms with Gasteiger partial charge in [-0.25, -0.2) is 4.98 Å². The second-order valence-corrected chi connectivity index (χ2v) is 10.2. The van der Waals surface area contributed by atoms with Crippen molar-refractivity contribution in [3.8, 4) is 0 Å². The molecule has 0 aliphatic carbocycles. The number of unbranched alkanes of at least 4 members (excludes halogenated alkanes) is 1. The van der Waals surface area contributed by atoms with E-state index in [2.05, 4.69) is 50.9 Å². The molecule has 2 aromatic heterocycles. The van der Waals surface area contributed by atoms with E-state index in [9.17, 15) is 9.59 Å². The standard InChI is InChI=1S/C22H37N8O4P.C3H8/c1-5-8-11-34-21(32)16(4)28-35(29-17(7-3)13-31)15-33-12-10-30-14-25-18-19(24-9-6-2)26-22(23)27-20(18)30;1-3-2/h6,13-14,16-17,28-29H,2,5,7-12,15H2,1,3-4H3,(H3,23,24,26,27);3H2,1-2H3/t16?,17-,35?;/m0./s1. The number of rotatable bonds is 18. The number of imidazole rings is 1. The lowest BCUT2D eigenvalue weighted by Gasteiger charge is -2.25. The van der Waals surface area contributed by atoms with Crippen LogP contribution in [0.1, 0.15) is 60.3 Å². The van der Waals surface area contributed by atoms with Crippen LogP contribution >= 0.6 is 8.22 Å². The number of carbonyl (C=O) groups excluding carboxylic acids is 2. The van der Waals surface area contributed by atoms with Crippen LogP contribution < -0.4 is 21.2 Å². The number of esters is 1. The zero-order chi connectivity index (χ0) is 28.3. The summed E-state index contributed by atoms with van der Waals surface area (Å²) in [5.74, 6) is 0.362. The maximum Gasteiger partial charge on any atom is 0.323 e. The van der Waals surface area contributed by atoms with Crippen LogP contribution in [0.4, 0.5) is 11.8 Å². The zero-order valence-electron chi connectivity index (χ0n) is 23.4. The number of nitrogens with one attached hydrogen (secondary N) is 3. The lowest BCUT2D eigenvalue weighted by molar-refractivity contribution is -0.145. The Morgan fingerprint density at radius 2 is 1.97 bits per heavy atom. The van der Waals surface area contributed by atoms with E-state index in [4.69, 9.17) is 15.2 Å². The van der Waals surface area contributed by atoms with Gasteiger partial charge in [-0.15, -0.1) is 6.58 Å². The molecule has 0 amide bonds. The number of nitrogens with zero attached hydrogens (tertiary/aromatic N) is 4. The van der Waals surface area contributed by atoms with Crippen molar-refractivity contribution in [2.75, 3.05) is 37.2 Å². The summed E-state index contributed by atoms with van der Waals surface area (Å²) in [6.07, 6.45) is 8.19. The Balaban J connectivity index is 0.00000229. The van der Waals surface area contributed by atoms with Gasteiger partial charge in [-0.05, 0) is 19.8 Å². The minimum Gasteiger partial charge on any atom is -0.465 e. The fourth-order valence-corrected chi connectivity index (χ4v) is 4.75. The molecule has 0 aromatic carbocycles. The van der Waals surface area contributed by atoms with Gasteiger partial charge in [0.15, 0.2) is 17.0 Å². The maximum atomic E-state index is 12.3. The van der Waals surface area contributed by atoms with E-state index in [-0.39, 0.29) is 18.0 Å². The molecule has 0 saturated heterocycles. The number of nitrogen functional groups attached to an aromatic ring is 1. The first-order valence-electron chi connectivity index (χ1n) is 13.2. The highest BCUT2D eigenvalue weighted by atomic mass is 31.1.